The lowest BCUT2D eigenvalue weighted by atomic mass is 10.2. The van der Waals surface area contributed by atoms with Crippen molar-refractivity contribution in [3.05, 3.63) is 59.4 Å². The lowest BCUT2D eigenvalue weighted by Crippen LogP contribution is -2.14. The molecule has 0 spiro atoms. The number of hydrogen-bond donors (Lipinski definition) is 2. The Morgan fingerprint density at radius 3 is 2.75 bits per heavy atom. The maximum absolute atomic E-state index is 13.9. The molecule has 2 heterocycles. The van der Waals surface area contributed by atoms with Gasteiger partial charge in [-0.3, -0.25) is 9.78 Å². The van der Waals surface area contributed by atoms with Gasteiger partial charge in [0.2, 0.25) is 0 Å². The Morgan fingerprint density at radius 2 is 2.00 bits per heavy atom. The summed E-state index contributed by atoms with van der Waals surface area (Å²) in [6.07, 6.45) is 4.23. The summed E-state index contributed by atoms with van der Waals surface area (Å²) >= 11 is 0.971. The number of aromatic nitrogens is 2. The molecule has 3 aromatic rings. The second-order valence-corrected chi connectivity index (χ2v) is 6.60. The third kappa shape index (κ3) is 4.68. The number of benzene rings is 1. The highest BCUT2D eigenvalue weighted by Gasteiger charge is 2.18. The first-order valence-electron chi connectivity index (χ1n) is 8.49. The van der Waals surface area contributed by atoms with Gasteiger partial charge in [0.25, 0.3) is 5.91 Å². The molecule has 0 radical (unpaired) electrons. The van der Waals surface area contributed by atoms with Crippen LogP contribution in [0.3, 0.4) is 0 Å². The fourth-order valence-electron chi connectivity index (χ4n) is 2.38. The van der Waals surface area contributed by atoms with E-state index in [1.54, 1.807) is 6.07 Å². The van der Waals surface area contributed by atoms with Crippen molar-refractivity contribution >= 4 is 22.9 Å². The molecule has 2 N–H and O–H groups in total. The molecule has 0 saturated carbocycles. The summed E-state index contributed by atoms with van der Waals surface area (Å²) in [4.78, 5) is 20.5. The minimum atomic E-state index is -0.743. The van der Waals surface area contributed by atoms with E-state index in [4.69, 9.17) is 9.84 Å². The number of amides is 1. The number of nitrogens with one attached hydrogen (secondary N) is 1. The van der Waals surface area contributed by atoms with Crippen molar-refractivity contribution in [2.75, 3.05) is 18.5 Å². The van der Waals surface area contributed by atoms with Crippen LogP contribution >= 0.6 is 11.3 Å². The predicted octanol–water partition coefficient (Wildman–Crippen LogP) is 3.89. The Balaban J connectivity index is 1.74. The predicted molar refractivity (Wildman–Crippen MR) is 101 cm³/mol. The van der Waals surface area contributed by atoms with Gasteiger partial charge in [-0.2, -0.15) is 0 Å². The molecule has 0 aliphatic heterocycles. The van der Waals surface area contributed by atoms with Crippen LogP contribution < -0.4 is 10.1 Å². The third-order valence-corrected chi connectivity index (χ3v) is 4.61. The molecular formula is C19H17F2N3O3S. The Labute approximate surface area is 163 Å². The van der Waals surface area contributed by atoms with Gasteiger partial charge >= 0.3 is 0 Å². The molecular weight excluding hydrogens is 388 g/mol. The molecule has 0 fully saturated rings. The first-order chi connectivity index (χ1) is 13.6. The standard InChI is InChI=1S/C19H17F2N3O3S/c20-12-4-3-5-13(21)17(12)19-24-15(11-28-19)18(26)23-14-10-22-7-6-16(14)27-9-2-1-8-25/h3-7,10-11,25H,1-2,8-9H2,(H,23,26). The van der Waals surface area contributed by atoms with Crippen LogP contribution in [-0.4, -0.2) is 34.2 Å². The van der Waals surface area contributed by atoms with Crippen LogP contribution in [0.5, 0.6) is 5.75 Å². The van der Waals surface area contributed by atoms with E-state index in [2.05, 4.69) is 15.3 Å². The van der Waals surface area contributed by atoms with E-state index in [0.717, 1.165) is 23.5 Å². The van der Waals surface area contributed by atoms with Gasteiger partial charge in [-0.25, -0.2) is 13.8 Å². The third-order valence-electron chi connectivity index (χ3n) is 3.75. The zero-order valence-electron chi connectivity index (χ0n) is 14.7. The zero-order valence-corrected chi connectivity index (χ0v) is 15.5. The highest BCUT2D eigenvalue weighted by atomic mass is 32.1. The maximum Gasteiger partial charge on any atom is 0.275 e. The zero-order chi connectivity index (χ0) is 19.9. The van der Waals surface area contributed by atoms with Crippen molar-refractivity contribution in [1.29, 1.82) is 0 Å². The molecule has 9 heteroatoms. The number of pyridine rings is 1. The van der Waals surface area contributed by atoms with Gasteiger partial charge in [-0.1, -0.05) is 6.07 Å². The number of carbonyl (C=O) groups is 1. The van der Waals surface area contributed by atoms with E-state index in [-0.39, 0.29) is 22.9 Å². The van der Waals surface area contributed by atoms with Gasteiger partial charge in [-0.15, -0.1) is 11.3 Å². The number of rotatable bonds is 8. The van der Waals surface area contributed by atoms with Crippen LogP contribution in [0.2, 0.25) is 0 Å². The van der Waals surface area contributed by atoms with Crippen LogP contribution in [0.15, 0.2) is 42.0 Å². The van der Waals surface area contributed by atoms with Gasteiger partial charge in [0.15, 0.2) is 0 Å². The number of nitrogens with zero attached hydrogens (tertiary/aromatic N) is 2. The summed E-state index contributed by atoms with van der Waals surface area (Å²) in [5.74, 6) is -1.61. The molecule has 0 atom stereocenters. The minimum absolute atomic E-state index is 0.0257. The van der Waals surface area contributed by atoms with E-state index < -0.39 is 17.5 Å². The van der Waals surface area contributed by atoms with E-state index in [1.807, 2.05) is 0 Å². The number of thiazole rings is 1. The van der Waals surface area contributed by atoms with Gasteiger partial charge in [-0.05, 0) is 25.0 Å². The van der Waals surface area contributed by atoms with Gasteiger partial charge < -0.3 is 15.2 Å². The molecule has 0 aliphatic rings. The number of ether oxygens (including phenoxy) is 1. The Morgan fingerprint density at radius 1 is 1.21 bits per heavy atom. The van der Waals surface area contributed by atoms with E-state index in [1.165, 1.54) is 23.8 Å². The van der Waals surface area contributed by atoms with Crippen molar-refractivity contribution in [3.63, 3.8) is 0 Å². The molecule has 6 nitrogen and oxygen atoms in total. The average Bonchev–Trinajstić information content (AvgIpc) is 3.16. The highest BCUT2D eigenvalue weighted by molar-refractivity contribution is 7.13. The summed E-state index contributed by atoms with van der Waals surface area (Å²) in [6, 6.07) is 5.14. The molecule has 1 aromatic carbocycles. The number of halogens is 2. The number of hydrogen-bond acceptors (Lipinski definition) is 6. The summed E-state index contributed by atoms with van der Waals surface area (Å²) in [5.41, 5.74) is 0.113. The van der Waals surface area contributed by atoms with Crippen molar-refractivity contribution in [2.45, 2.75) is 12.8 Å². The second kappa shape index (κ2) is 9.34. The smallest absolute Gasteiger partial charge is 0.275 e. The van der Waals surface area contributed by atoms with Crippen molar-refractivity contribution < 1.29 is 23.4 Å². The van der Waals surface area contributed by atoms with Crippen molar-refractivity contribution in [2.24, 2.45) is 0 Å². The molecule has 0 bridgehead atoms. The number of aliphatic hydroxyl groups excluding tert-OH is 1. The summed E-state index contributed by atoms with van der Waals surface area (Å²) in [5, 5.41) is 13.0. The molecule has 1 amide bonds. The van der Waals surface area contributed by atoms with Gasteiger partial charge in [0, 0.05) is 24.3 Å². The molecule has 146 valence electrons. The van der Waals surface area contributed by atoms with Crippen LogP contribution in [0.1, 0.15) is 23.3 Å². The first kappa shape index (κ1) is 19.8. The Bertz CT molecular complexity index is 945. The minimum Gasteiger partial charge on any atom is -0.491 e. The fraction of sp³-hybridized carbons (Fsp3) is 0.211. The number of carbonyl (C=O) groups excluding carboxylic acids is 1. The van der Waals surface area contributed by atoms with Crippen LogP contribution in [0.4, 0.5) is 14.5 Å². The second-order valence-electron chi connectivity index (χ2n) is 5.74. The molecule has 28 heavy (non-hydrogen) atoms. The summed E-state index contributed by atoms with van der Waals surface area (Å²) in [6.45, 7) is 0.457. The van der Waals surface area contributed by atoms with Crippen LogP contribution in [-0.2, 0) is 0 Å². The average molecular weight is 405 g/mol. The first-order valence-corrected chi connectivity index (χ1v) is 9.37. The monoisotopic (exact) mass is 405 g/mol. The van der Waals surface area contributed by atoms with E-state index in [0.29, 0.717) is 30.9 Å². The molecule has 2 aromatic heterocycles. The molecule has 0 aliphatic carbocycles. The quantitative estimate of drug-likeness (QED) is 0.556. The number of anilines is 1. The Kier molecular flexibility index (Phi) is 6.62. The molecule has 0 saturated heterocycles. The molecule has 3 rings (SSSR count). The fourth-order valence-corrected chi connectivity index (χ4v) is 3.23. The van der Waals surface area contributed by atoms with Crippen molar-refractivity contribution in [1.82, 2.24) is 9.97 Å². The van der Waals surface area contributed by atoms with Gasteiger partial charge in [0.05, 0.1) is 18.4 Å². The largest absolute Gasteiger partial charge is 0.491 e. The topological polar surface area (TPSA) is 84.3 Å². The van der Waals surface area contributed by atoms with Crippen LogP contribution in [0.25, 0.3) is 10.6 Å². The van der Waals surface area contributed by atoms with Gasteiger partial charge in [0.1, 0.15) is 33.8 Å². The maximum atomic E-state index is 13.9. The van der Waals surface area contributed by atoms with Crippen molar-refractivity contribution in [3.8, 4) is 16.3 Å². The Hall–Kier alpha value is -2.91. The lowest BCUT2D eigenvalue weighted by Gasteiger charge is -2.11. The highest BCUT2D eigenvalue weighted by Crippen LogP contribution is 2.29. The number of aliphatic hydroxyl groups is 1. The lowest BCUT2D eigenvalue weighted by molar-refractivity contribution is 0.102. The normalized spacial score (nSPS) is 10.7. The SMILES string of the molecule is O=C(Nc1cnccc1OCCCCO)c1csc(-c2c(F)cccc2F)n1. The molecule has 0 unspecified atom stereocenters. The summed E-state index contributed by atoms with van der Waals surface area (Å²) in [7, 11) is 0. The summed E-state index contributed by atoms with van der Waals surface area (Å²) < 4.78 is 33.4. The number of unbranched alkanes of at least 4 members (excludes halogenated alkanes) is 1. The van der Waals surface area contributed by atoms with E-state index in [9.17, 15) is 13.6 Å². The van der Waals surface area contributed by atoms with Crippen LogP contribution in [0, 0.1) is 11.6 Å². The van der Waals surface area contributed by atoms with E-state index >= 15 is 0 Å².